The molecule has 0 saturated heterocycles. The van der Waals surface area contributed by atoms with Crippen LogP contribution in [0.25, 0.3) is 0 Å². The Hall–Kier alpha value is -0.760. The first kappa shape index (κ1) is 9.78. The van der Waals surface area contributed by atoms with Crippen molar-refractivity contribution in [2.24, 2.45) is 0 Å². The molecule has 0 amide bonds. The minimum absolute atomic E-state index is 0.837. The fourth-order valence-corrected chi connectivity index (χ4v) is 2.12. The third kappa shape index (κ3) is 2.38. The lowest BCUT2D eigenvalue weighted by Gasteiger charge is -1.99. The SMILES string of the molecule is Ic1cncnc1Sc1cnccn1. The smallest absolute Gasteiger partial charge is 0.121 e. The number of nitrogens with zero attached hydrogens (tertiary/aromatic N) is 4. The van der Waals surface area contributed by atoms with Crippen LogP contribution in [0.15, 0.2) is 41.2 Å². The number of hydrogen-bond donors (Lipinski definition) is 0. The van der Waals surface area contributed by atoms with Gasteiger partial charge in [-0.2, -0.15) is 0 Å². The highest BCUT2D eigenvalue weighted by molar-refractivity contribution is 14.1. The lowest BCUT2D eigenvalue weighted by Crippen LogP contribution is -1.88. The van der Waals surface area contributed by atoms with E-state index in [4.69, 9.17) is 0 Å². The van der Waals surface area contributed by atoms with Gasteiger partial charge in [0.15, 0.2) is 0 Å². The van der Waals surface area contributed by atoms with Crippen molar-refractivity contribution in [2.75, 3.05) is 0 Å². The Balaban J connectivity index is 2.24. The zero-order valence-corrected chi connectivity index (χ0v) is 9.94. The summed E-state index contributed by atoms with van der Waals surface area (Å²) in [5, 5.41) is 1.74. The lowest BCUT2D eigenvalue weighted by molar-refractivity contribution is 1.00. The van der Waals surface area contributed by atoms with Gasteiger partial charge in [0.1, 0.15) is 16.4 Å². The maximum atomic E-state index is 4.15. The first-order valence-corrected chi connectivity index (χ1v) is 5.65. The second kappa shape index (κ2) is 4.65. The third-order valence-corrected chi connectivity index (χ3v) is 3.47. The molecule has 2 aromatic heterocycles. The highest BCUT2D eigenvalue weighted by Gasteiger charge is 2.03. The van der Waals surface area contributed by atoms with Gasteiger partial charge in [0.2, 0.25) is 0 Å². The van der Waals surface area contributed by atoms with E-state index in [-0.39, 0.29) is 0 Å². The van der Waals surface area contributed by atoms with Crippen molar-refractivity contribution in [1.82, 2.24) is 19.9 Å². The fourth-order valence-electron chi connectivity index (χ4n) is 0.814. The second-order valence-corrected chi connectivity index (χ2v) is 4.49. The van der Waals surface area contributed by atoms with Crippen LogP contribution in [0.2, 0.25) is 0 Å². The predicted molar refractivity (Wildman–Crippen MR) is 60.9 cm³/mol. The normalized spacial score (nSPS) is 10.1. The summed E-state index contributed by atoms with van der Waals surface area (Å²) in [7, 11) is 0. The van der Waals surface area contributed by atoms with E-state index in [1.807, 2.05) is 0 Å². The summed E-state index contributed by atoms with van der Waals surface area (Å²) in [6.45, 7) is 0. The van der Waals surface area contributed by atoms with E-state index < -0.39 is 0 Å². The minimum atomic E-state index is 0.837. The monoisotopic (exact) mass is 316 g/mol. The van der Waals surface area contributed by atoms with Crippen molar-refractivity contribution in [1.29, 1.82) is 0 Å². The number of hydrogen-bond acceptors (Lipinski definition) is 5. The molecule has 0 N–H and O–H groups in total. The average Bonchev–Trinajstić information content (AvgIpc) is 2.23. The Morgan fingerprint density at radius 2 is 2.00 bits per heavy atom. The summed E-state index contributed by atoms with van der Waals surface area (Å²) in [5.41, 5.74) is 0. The minimum Gasteiger partial charge on any atom is -0.260 e. The number of rotatable bonds is 2. The molecule has 0 fully saturated rings. The van der Waals surface area contributed by atoms with Gasteiger partial charge in [0.25, 0.3) is 0 Å². The first-order chi connectivity index (χ1) is 6.86. The van der Waals surface area contributed by atoms with Gasteiger partial charge in [-0.1, -0.05) is 0 Å². The topological polar surface area (TPSA) is 51.6 Å². The van der Waals surface area contributed by atoms with Gasteiger partial charge in [-0.3, -0.25) is 4.98 Å². The molecule has 0 unspecified atom stereocenters. The van der Waals surface area contributed by atoms with Crippen LogP contribution in [0.4, 0.5) is 0 Å². The molecule has 6 heteroatoms. The molecule has 0 aliphatic carbocycles. The molecule has 70 valence electrons. The summed E-state index contributed by atoms with van der Waals surface area (Å²) in [6, 6.07) is 0. The maximum absolute atomic E-state index is 4.15. The van der Waals surface area contributed by atoms with Crippen molar-refractivity contribution in [3.63, 3.8) is 0 Å². The largest absolute Gasteiger partial charge is 0.260 e. The Bertz CT molecular complexity index is 423. The summed E-state index contributed by atoms with van der Waals surface area (Å²) in [4.78, 5) is 16.2. The van der Waals surface area contributed by atoms with E-state index in [1.54, 1.807) is 24.8 Å². The molecule has 4 nitrogen and oxygen atoms in total. The molecule has 2 heterocycles. The van der Waals surface area contributed by atoms with E-state index in [0.29, 0.717) is 0 Å². The summed E-state index contributed by atoms with van der Waals surface area (Å²) < 4.78 is 1.01. The number of halogens is 1. The molecule has 0 aliphatic heterocycles. The number of aromatic nitrogens is 4. The van der Waals surface area contributed by atoms with Gasteiger partial charge < -0.3 is 0 Å². The van der Waals surface area contributed by atoms with Crippen LogP contribution in [0.3, 0.4) is 0 Å². The Morgan fingerprint density at radius 1 is 1.07 bits per heavy atom. The molecule has 0 bridgehead atoms. The molecule has 0 spiro atoms. The van der Waals surface area contributed by atoms with E-state index in [1.165, 1.54) is 18.1 Å². The van der Waals surface area contributed by atoms with Crippen molar-refractivity contribution >= 4 is 34.4 Å². The van der Waals surface area contributed by atoms with Crippen LogP contribution in [0, 0.1) is 3.57 Å². The summed E-state index contributed by atoms with van der Waals surface area (Å²) in [6.07, 6.45) is 8.32. The molecule has 0 aromatic carbocycles. The van der Waals surface area contributed by atoms with Crippen LogP contribution in [0.5, 0.6) is 0 Å². The van der Waals surface area contributed by atoms with E-state index in [0.717, 1.165) is 13.6 Å². The molecule has 0 radical (unpaired) electrons. The van der Waals surface area contributed by atoms with Gasteiger partial charge >= 0.3 is 0 Å². The molecular weight excluding hydrogens is 311 g/mol. The molecule has 2 rings (SSSR count). The van der Waals surface area contributed by atoms with Gasteiger partial charge in [0, 0.05) is 18.6 Å². The molecule has 2 aromatic rings. The van der Waals surface area contributed by atoms with Crippen LogP contribution in [-0.2, 0) is 0 Å². The van der Waals surface area contributed by atoms with E-state index in [9.17, 15) is 0 Å². The van der Waals surface area contributed by atoms with Crippen LogP contribution < -0.4 is 0 Å². The molecule has 0 saturated carbocycles. The Morgan fingerprint density at radius 3 is 2.71 bits per heavy atom. The van der Waals surface area contributed by atoms with Crippen LogP contribution in [0.1, 0.15) is 0 Å². The quantitative estimate of drug-likeness (QED) is 0.627. The average molecular weight is 316 g/mol. The third-order valence-electron chi connectivity index (χ3n) is 1.37. The van der Waals surface area contributed by atoms with Crippen LogP contribution >= 0.6 is 34.4 Å². The highest BCUT2D eigenvalue weighted by Crippen LogP contribution is 2.26. The van der Waals surface area contributed by atoms with Crippen molar-refractivity contribution in [3.8, 4) is 0 Å². The molecule has 14 heavy (non-hydrogen) atoms. The zero-order chi connectivity index (χ0) is 9.80. The van der Waals surface area contributed by atoms with Crippen molar-refractivity contribution in [2.45, 2.75) is 10.1 Å². The lowest BCUT2D eigenvalue weighted by atomic mass is 10.7. The van der Waals surface area contributed by atoms with E-state index in [2.05, 4.69) is 42.5 Å². The first-order valence-electron chi connectivity index (χ1n) is 3.75. The van der Waals surface area contributed by atoms with Gasteiger partial charge in [0.05, 0.1) is 9.77 Å². The van der Waals surface area contributed by atoms with Crippen molar-refractivity contribution in [3.05, 3.63) is 34.7 Å². The fraction of sp³-hybridized carbons (Fsp3) is 0. The molecule has 0 aliphatic rings. The standard InChI is InChI=1S/C8H5IN4S/c9-6-3-11-5-13-8(6)14-7-4-10-1-2-12-7/h1-5H. The van der Waals surface area contributed by atoms with Gasteiger partial charge in [-0.05, 0) is 34.4 Å². The molecule has 0 atom stereocenters. The van der Waals surface area contributed by atoms with E-state index >= 15 is 0 Å². The highest BCUT2D eigenvalue weighted by atomic mass is 127. The predicted octanol–water partition coefficient (Wildman–Crippen LogP) is 2.02. The Kier molecular flexibility index (Phi) is 3.25. The summed E-state index contributed by atoms with van der Waals surface area (Å²) >= 11 is 3.68. The molecular formula is C8H5IN4S. The maximum Gasteiger partial charge on any atom is 0.121 e. The zero-order valence-electron chi connectivity index (χ0n) is 6.96. The summed E-state index contributed by atoms with van der Waals surface area (Å²) in [5.74, 6) is 0. The van der Waals surface area contributed by atoms with Gasteiger partial charge in [-0.15, -0.1) is 0 Å². The van der Waals surface area contributed by atoms with Crippen LogP contribution in [-0.4, -0.2) is 19.9 Å². The van der Waals surface area contributed by atoms with Crippen molar-refractivity contribution < 1.29 is 0 Å². The van der Waals surface area contributed by atoms with Gasteiger partial charge in [-0.25, -0.2) is 15.0 Å². The Labute approximate surface area is 98.8 Å². The second-order valence-electron chi connectivity index (χ2n) is 2.32.